The van der Waals surface area contributed by atoms with Crippen LogP contribution in [0.2, 0.25) is 0 Å². The SMILES string of the molecule is CC1SCCSC1C(O)CCC(F)(F)F. The highest BCUT2D eigenvalue weighted by atomic mass is 32.2. The third-order valence-corrected chi connectivity index (χ3v) is 5.58. The Kier molecular flexibility index (Phi) is 5.12. The topological polar surface area (TPSA) is 20.2 Å². The van der Waals surface area contributed by atoms with Gasteiger partial charge >= 0.3 is 6.18 Å². The average Bonchev–Trinajstić information content (AvgIpc) is 2.14. The van der Waals surface area contributed by atoms with Crippen molar-refractivity contribution in [3.8, 4) is 0 Å². The minimum Gasteiger partial charge on any atom is -0.392 e. The molecule has 1 saturated heterocycles. The Labute approximate surface area is 96.2 Å². The largest absolute Gasteiger partial charge is 0.392 e. The average molecular weight is 260 g/mol. The van der Waals surface area contributed by atoms with E-state index in [1.807, 2.05) is 6.92 Å². The third-order valence-electron chi connectivity index (χ3n) is 2.34. The molecule has 3 unspecified atom stereocenters. The molecule has 1 N–H and O–H groups in total. The molecule has 0 aromatic rings. The number of halogens is 3. The van der Waals surface area contributed by atoms with Gasteiger partial charge < -0.3 is 5.11 Å². The number of thioether (sulfide) groups is 2. The zero-order valence-corrected chi connectivity index (χ0v) is 10.1. The fourth-order valence-electron chi connectivity index (χ4n) is 1.55. The van der Waals surface area contributed by atoms with Crippen molar-refractivity contribution in [1.29, 1.82) is 0 Å². The number of aliphatic hydroxyl groups excluding tert-OH is 1. The summed E-state index contributed by atoms with van der Waals surface area (Å²) in [6.45, 7) is 1.97. The molecule has 6 heteroatoms. The van der Waals surface area contributed by atoms with E-state index in [9.17, 15) is 18.3 Å². The van der Waals surface area contributed by atoms with Crippen LogP contribution in [0.1, 0.15) is 19.8 Å². The smallest absolute Gasteiger partial charge is 0.389 e. The lowest BCUT2D eigenvalue weighted by atomic mass is 10.1. The van der Waals surface area contributed by atoms with Crippen LogP contribution in [-0.4, -0.2) is 39.4 Å². The first kappa shape index (κ1) is 13.5. The second-order valence-electron chi connectivity index (χ2n) is 3.63. The first-order valence-corrected chi connectivity index (χ1v) is 6.98. The lowest BCUT2D eigenvalue weighted by Crippen LogP contribution is -2.35. The Hall–Kier alpha value is 0.450. The minimum atomic E-state index is -4.16. The van der Waals surface area contributed by atoms with Gasteiger partial charge in [-0.05, 0) is 6.42 Å². The lowest BCUT2D eigenvalue weighted by Gasteiger charge is -2.31. The van der Waals surface area contributed by atoms with Crippen molar-refractivity contribution in [1.82, 2.24) is 0 Å². The van der Waals surface area contributed by atoms with Gasteiger partial charge in [0.05, 0.1) is 6.10 Å². The maximum Gasteiger partial charge on any atom is 0.389 e. The Morgan fingerprint density at radius 3 is 2.47 bits per heavy atom. The summed E-state index contributed by atoms with van der Waals surface area (Å²) in [6.07, 6.45) is -6.05. The molecule has 1 aliphatic heterocycles. The van der Waals surface area contributed by atoms with E-state index < -0.39 is 18.7 Å². The van der Waals surface area contributed by atoms with E-state index in [1.54, 1.807) is 23.5 Å². The molecule has 3 atom stereocenters. The lowest BCUT2D eigenvalue weighted by molar-refractivity contribution is -0.139. The molecule has 1 heterocycles. The predicted octanol–water partition coefficient (Wildman–Crippen LogP) is 2.93. The highest BCUT2D eigenvalue weighted by molar-refractivity contribution is 8.07. The van der Waals surface area contributed by atoms with Crippen molar-refractivity contribution in [2.75, 3.05) is 11.5 Å². The molecule has 0 saturated carbocycles. The van der Waals surface area contributed by atoms with Crippen LogP contribution in [0.3, 0.4) is 0 Å². The van der Waals surface area contributed by atoms with E-state index in [0.717, 1.165) is 11.5 Å². The van der Waals surface area contributed by atoms with Crippen molar-refractivity contribution in [3.63, 3.8) is 0 Å². The Morgan fingerprint density at radius 1 is 1.33 bits per heavy atom. The molecule has 0 amide bonds. The standard InChI is InChI=1S/C9H15F3OS2/c1-6-8(15-5-4-14-6)7(13)2-3-9(10,11)12/h6-8,13H,2-5H2,1H3. The van der Waals surface area contributed by atoms with Crippen LogP contribution in [0.25, 0.3) is 0 Å². The van der Waals surface area contributed by atoms with Crippen LogP contribution in [-0.2, 0) is 0 Å². The van der Waals surface area contributed by atoms with Gasteiger partial charge in [0.1, 0.15) is 0 Å². The van der Waals surface area contributed by atoms with Crippen LogP contribution in [0.4, 0.5) is 13.2 Å². The zero-order chi connectivity index (χ0) is 11.5. The van der Waals surface area contributed by atoms with E-state index in [0.29, 0.717) is 0 Å². The van der Waals surface area contributed by atoms with Crippen LogP contribution in [0.5, 0.6) is 0 Å². The number of hydrogen-bond acceptors (Lipinski definition) is 3. The maximum atomic E-state index is 12.0. The molecule has 0 aliphatic carbocycles. The molecule has 0 bridgehead atoms. The van der Waals surface area contributed by atoms with Gasteiger partial charge in [0.2, 0.25) is 0 Å². The van der Waals surface area contributed by atoms with Crippen molar-refractivity contribution >= 4 is 23.5 Å². The zero-order valence-electron chi connectivity index (χ0n) is 8.46. The molecule has 0 radical (unpaired) electrons. The van der Waals surface area contributed by atoms with Crippen molar-refractivity contribution in [2.24, 2.45) is 0 Å². The first-order chi connectivity index (χ1) is 6.90. The van der Waals surface area contributed by atoms with Gasteiger partial charge in [-0.15, -0.1) is 0 Å². The molecule has 90 valence electrons. The van der Waals surface area contributed by atoms with Crippen LogP contribution in [0.15, 0.2) is 0 Å². The summed E-state index contributed by atoms with van der Waals surface area (Å²) in [7, 11) is 0. The number of hydrogen-bond donors (Lipinski definition) is 1. The minimum absolute atomic E-state index is 0.0499. The molecular formula is C9H15F3OS2. The van der Waals surface area contributed by atoms with E-state index in [1.165, 1.54) is 0 Å². The van der Waals surface area contributed by atoms with E-state index in [-0.39, 0.29) is 16.9 Å². The van der Waals surface area contributed by atoms with E-state index >= 15 is 0 Å². The van der Waals surface area contributed by atoms with Crippen molar-refractivity contribution in [2.45, 2.75) is 42.5 Å². The van der Waals surface area contributed by atoms with Crippen molar-refractivity contribution in [3.05, 3.63) is 0 Å². The van der Waals surface area contributed by atoms with Gasteiger partial charge in [-0.25, -0.2) is 0 Å². The van der Waals surface area contributed by atoms with Gasteiger partial charge in [0.25, 0.3) is 0 Å². The quantitative estimate of drug-likeness (QED) is 0.842. The second kappa shape index (κ2) is 5.68. The highest BCUT2D eigenvalue weighted by Crippen LogP contribution is 2.35. The van der Waals surface area contributed by atoms with Crippen molar-refractivity contribution < 1.29 is 18.3 Å². The monoisotopic (exact) mass is 260 g/mol. The van der Waals surface area contributed by atoms with E-state index in [2.05, 4.69) is 0 Å². The van der Waals surface area contributed by atoms with Gasteiger partial charge in [-0.2, -0.15) is 36.7 Å². The molecule has 1 aliphatic rings. The van der Waals surface area contributed by atoms with Crippen LogP contribution >= 0.6 is 23.5 Å². The number of alkyl halides is 3. The van der Waals surface area contributed by atoms with E-state index in [4.69, 9.17) is 0 Å². The molecule has 1 fully saturated rings. The predicted molar refractivity (Wildman–Crippen MR) is 59.5 cm³/mol. The fraction of sp³-hybridized carbons (Fsp3) is 1.00. The molecule has 0 spiro atoms. The van der Waals surface area contributed by atoms with Crippen LogP contribution < -0.4 is 0 Å². The highest BCUT2D eigenvalue weighted by Gasteiger charge is 2.33. The second-order valence-corrected chi connectivity index (χ2v) is 6.40. The molecule has 0 aromatic heterocycles. The molecular weight excluding hydrogens is 245 g/mol. The van der Waals surface area contributed by atoms with Crippen LogP contribution in [0, 0.1) is 0 Å². The summed E-state index contributed by atoms with van der Waals surface area (Å²) in [5.41, 5.74) is 0. The summed E-state index contributed by atoms with van der Waals surface area (Å²) in [5.74, 6) is 1.94. The molecule has 1 rings (SSSR count). The molecule has 0 aromatic carbocycles. The van der Waals surface area contributed by atoms with Gasteiger partial charge in [0, 0.05) is 28.4 Å². The maximum absolute atomic E-state index is 12.0. The fourth-order valence-corrected chi connectivity index (χ4v) is 4.43. The number of aliphatic hydroxyl groups is 1. The molecule has 1 nitrogen and oxygen atoms in total. The Bertz CT molecular complexity index is 198. The first-order valence-electron chi connectivity index (χ1n) is 4.88. The van der Waals surface area contributed by atoms with Gasteiger partial charge in [0.15, 0.2) is 0 Å². The molecule has 15 heavy (non-hydrogen) atoms. The summed E-state index contributed by atoms with van der Waals surface area (Å²) in [6, 6.07) is 0. The number of rotatable bonds is 3. The summed E-state index contributed by atoms with van der Waals surface area (Å²) in [4.78, 5) is 0. The summed E-state index contributed by atoms with van der Waals surface area (Å²) >= 11 is 3.32. The summed E-state index contributed by atoms with van der Waals surface area (Å²) in [5, 5.41) is 9.87. The normalized spacial score (nSPS) is 30.2. The Morgan fingerprint density at radius 2 is 1.93 bits per heavy atom. The van der Waals surface area contributed by atoms with Gasteiger partial charge in [-0.1, -0.05) is 6.92 Å². The third kappa shape index (κ3) is 4.87. The Balaban J connectivity index is 2.35. The van der Waals surface area contributed by atoms with Gasteiger partial charge in [-0.3, -0.25) is 0 Å². The summed E-state index contributed by atoms with van der Waals surface area (Å²) < 4.78 is 35.9.